The molecule has 0 spiro atoms. The van der Waals surface area contributed by atoms with Crippen molar-refractivity contribution in [2.75, 3.05) is 24.7 Å². The Morgan fingerprint density at radius 1 is 1.23 bits per heavy atom. The molecule has 2 aromatic rings. The fraction of sp³-hybridized carbons (Fsp3) is 0.278. The lowest BCUT2D eigenvalue weighted by Crippen LogP contribution is -2.31. The number of hydrogen-bond acceptors (Lipinski definition) is 4. The summed E-state index contributed by atoms with van der Waals surface area (Å²) in [6, 6.07) is 10.3. The van der Waals surface area contributed by atoms with Gasteiger partial charge in [0.2, 0.25) is 10.0 Å². The molecule has 0 aliphatic carbocycles. The molecule has 0 saturated heterocycles. The number of halogens is 1. The van der Waals surface area contributed by atoms with Gasteiger partial charge in [0.15, 0.2) is 11.6 Å². The van der Waals surface area contributed by atoms with Gasteiger partial charge in [0.05, 0.1) is 30.7 Å². The van der Waals surface area contributed by atoms with Crippen LogP contribution in [0.2, 0.25) is 0 Å². The van der Waals surface area contributed by atoms with E-state index in [0.29, 0.717) is 5.56 Å². The Hall–Kier alpha value is -2.61. The van der Waals surface area contributed by atoms with Crippen molar-refractivity contribution in [3.8, 4) is 5.75 Å². The minimum absolute atomic E-state index is 0.118. The molecule has 1 amide bonds. The van der Waals surface area contributed by atoms with Gasteiger partial charge in [-0.25, -0.2) is 12.8 Å². The van der Waals surface area contributed by atoms with Gasteiger partial charge in [0.25, 0.3) is 5.91 Å². The van der Waals surface area contributed by atoms with Gasteiger partial charge in [-0.05, 0) is 36.8 Å². The van der Waals surface area contributed by atoms with E-state index in [0.717, 1.165) is 10.6 Å². The Kier molecular flexibility index (Phi) is 5.86. The summed E-state index contributed by atoms with van der Waals surface area (Å²) in [4.78, 5) is 12.6. The number of amides is 1. The highest BCUT2D eigenvalue weighted by atomic mass is 32.2. The van der Waals surface area contributed by atoms with Crippen LogP contribution in [0.15, 0.2) is 42.5 Å². The number of benzene rings is 2. The molecule has 0 heterocycles. The van der Waals surface area contributed by atoms with Crippen LogP contribution in [0.4, 0.5) is 10.1 Å². The maximum absolute atomic E-state index is 13.9. The van der Waals surface area contributed by atoms with Crippen LogP contribution in [0.5, 0.6) is 5.75 Å². The van der Waals surface area contributed by atoms with Crippen molar-refractivity contribution in [2.45, 2.75) is 13.0 Å². The summed E-state index contributed by atoms with van der Waals surface area (Å²) in [6.45, 7) is 1.71. The number of sulfonamides is 1. The fourth-order valence-corrected chi connectivity index (χ4v) is 2.95. The number of carbonyl (C=O) groups excluding carboxylic acids is 1. The van der Waals surface area contributed by atoms with E-state index in [1.165, 1.54) is 32.4 Å². The van der Waals surface area contributed by atoms with E-state index in [9.17, 15) is 17.6 Å². The molecule has 26 heavy (non-hydrogen) atoms. The van der Waals surface area contributed by atoms with Crippen molar-refractivity contribution in [1.29, 1.82) is 0 Å². The summed E-state index contributed by atoms with van der Waals surface area (Å²) in [5.41, 5.74) is 1.03. The molecule has 6 nitrogen and oxygen atoms in total. The van der Waals surface area contributed by atoms with Crippen molar-refractivity contribution in [3.63, 3.8) is 0 Å². The van der Waals surface area contributed by atoms with E-state index in [4.69, 9.17) is 4.74 Å². The Labute approximate surface area is 152 Å². The first-order valence-corrected chi connectivity index (χ1v) is 9.67. The van der Waals surface area contributed by atoms with E-state index in [2.05, 4.69) is 5.32 Å². The van der Waals surface area contributed by atoms with Crippen LogP contribution in [-0.4, -0.2) is 34.7 Å². The molecule has 8 heteroatoms. The Morgan fingerprint density at radius 3 is 2.46 bits per heavy atom. The third-order valence-electron chi connectivity index (χ3n) is 4.01. The first kappa shape index (κ1) is 19.7. The molecule has 2 rings (SSSR count). The van der Waals surface area contributed by atoms with E-state index in [1.807, 2.05) is 0 Å². The number of rotatable bonds is 6. The topological polar surface area (TPSA) is 75.7 Å². The zero-order valence-corrected chi connectivity index (χ0v) is 15.8. The van der Waals surface area contributed by atoms with Crippen molar-refractivity contribution < 1.29 is 22.3 Å². The monoisotopic (exact) mass is 380 g/mol. The zero-order valence-electron chi connectivity index (χ0n) is 15.0. The maximum Gasteiger partial charge on any atom is 0.253 e. The minimum Gasteiger partial charge on any atom is -0.494 e. The average Bonchev–Trinajstić information content (AvgIpc) is 2.60. The molecule has 1 atom stereocenters. The Balaban J connectivity index is 2.27. The molecule has 0 aliphatic heterocycles. The van der Waals surface area contributed by atoms with Gasteiger partial charge in [-0.2, -0.15) is 0 Å². The van der Waals surface area contributed by atoms with E-state index >= 15 is 0 Å². The number of hydrogen-bond donors (Lipinski definition) is 1. The quantitative estimate of drug-likeness (QED) is 0.836. The van der Waals surface area contributed by atoms with E-state index in [1.54, 1.807) is 31.2 Å². The van der Waals surface area contributed by atoms with E-state index < -0.39 is 27.8 Å². The number of carbonyl (C=O) groups is 1. The second-order valence-corrected chi connectivity index (χ2v) is 7.85. The molecular formula is C18H21FN2O4S. The summed E-state index contributed by atoms with van der Waals surface area (Å²) >= 11 is 0. The van der Waals surface area contributed by atoms with Crippen LogP contribution in [-0.2, 0) is 10.0 Å². The average molecular weight is 380 g/mol. The van der Waals surface area contributed by atoms with Crippen LogP contribution in [0.1, 0.15) is 28.9 Å². The number of para-hydroxylation sites is 1. The molecule has 0 saturated carbocycles. The molecule has 2 aromatic carbocycles. The second-order valence-electron chi connectivity index (χ2n) is 5.84. The molecule has 140 valence electrons. The number of ether oxygens (including phenoxy) is 1. The highest BCUT2D eigenvalue weighted by molar-refractivity contribution is 7.92. The van der Waals surface area contributed by atoms with Gasteiger partial charge < -0.3 is 10.1 Å². The van der Waals surface area contributed by atoms with Crippen LogP contribution in [0.3, 0.4) is 0 Å². The third-order valence-corrected chi connectivity index (χ3v) is 5.20. The molecule has 1 N–H and O–H groups in total. The lowest BCUT2D eigenvalue weighted by molar-refractivity contribution is 0.0940. The Bertz CT molecular complexity index is 915. The van der Waals surface area contributed by atoms with E-state index in [-0.39, 0.29) is 17.0 Å². The molecule has 0 aliphatic rings. The van der Waals surface area contributed by atoms with Crippen LogP contribution >= 0.6 is 0 Å². The predicted octanol–water partition coefficient (Wildman–Crippen LogP) is 2.72. The molecule has 1 unspecified atom stereocenters. The number of nitrogens with zero attached hydrogens (tertiary/aromatic N) is 1. The maximum atomic E-state index is 13.9. The number of methoxy groups -OCH3 is 1. The molecule has 0 radical (unpaired) electrons. The van der Waals surface area contributed by atoms with Gasteiger partial charge in [0.1, 0.15) is 0 Å². The van der Waals surface area contributed by atoms with Crippen LogP contribution < -0.4 is 14.4 Å². The van der Waals surface area contributed by atoms with Gasteiger partial charge in [-0.1, -0.05) is 18.2 Å². The van der Waals surface area contributed by atoms with Crippen molar-refractivity contribution in [2.24, 2.45) is 0 Å². The summed E-state index contributed by atoms with van der Waals surface area (Å²) in [5, 5.41) is 2.76. The van der Waals surface area contributed by atoms with Crippen LogP contribution in [0.25, 0.3) is 0 Å². The Morgan fingerprint density at radius 2 is 1.88 bits per heavy atom. The lowest BCUT2D eigenvalue weighted by Gasteiger charge is -2.21. The molecule has 0 bridgehead atoms. The smallest absolute Gasteiger partial charge is 0.253 e. The second kappa shape index (κ2) is 7.74. The van der Waals surface area contributed by atoms with Crippen molar-refractivity contribution in [3.05, 3.63) is 59.4 Å². The SMILES string of the molecule is COc1ccc(C(C)NC(=O)c2ccccc2N(C)S(C)(=O)=O)cc1F. The van der Waals surface area contributed by atoms with Gasteiger partial charge >= 0.3 is 0 Å². The minimum atomic E-state index is -3.52. The molecular weight excluding hydrogens is 359 g/mol. The summed E-state index contributed by atoms with van der Waals surface area (Å²) < 4.78 is 43.4. The first-order valence-electron chi connectivity index (χ1n) is 7.82. The fourth-order valence-electron chi connectivity index (χ4n) is 2.43. The summed E-state index contributed by atoms with van der Waals surface area (Å²) in [7, 11) is -0.764. The standard InChI is InChI=1S/C18H21FN2O4S/c1-12(13-9-10-17(25-3)15(19)11-13)20-18(22)14-7-5-6-8-16(14)21(2)26(4,23)24/h5-12H,1-4H3,(H,20,22). The molecule has 0 aromatic heterocycles. The normalized spacial score (nSPS) is 12.3. The van der Waals surface area contributed by atoms with Crippen molar-refractivity contribution in [1.82, 2.24) is 5.32 Å². The van der Waals surface area contributed by atoms with Gasteiger partial charge in [-0.3, -0.25) is 9.10 Å². The van der Waals surface area contributed by atoms with Crippen molar-refractivity contribution >= 4 is 21.6 Å². The highest BCUT2D eigenvalue weighted by Crippen LogP contribution is 2.24. The first-order chi connectivity index (χ1) is 12.1. The van der Waals surface area contributed by atoms with Gasteiger partial charge in [0, 0.05) is 7.05 Å². The third kappa shape index (κ3) is 4.32. The van der Waals surface area contributed by atoms with Crippen LogP contribution in [0, 0.1) is 5.82 Å². The summed E-state index contributed by atoms with van der Waals surface area (Å²) in [5.74, 6) is -0.865. The largest absolute Gasteiger partial charge is 0.494 e. The zero-order chi connectivity index (χ0) is 19.5. The summed E-state index contributed by atoms with van der Waals surface area (Å²) in [6.07, 6.45) is 1.06. The predicted molar refractivity (Wildman–Crippen MR) is 98.5 cm³/mol. The number of nitrogens with one attached hydrogen (secondary N) is 1. The lowest BCUT2D eigenvalue weighted by atomic mass is 10.1. The number of anilines is 1. The molecule has 0 fully saturated rings. The van der Waals surface area contributed by atoms with Gasteiger partial charge in [-0.15, -0.1) is 0 Å². The highest BCUT2D eigenvalue weighted by Gasteiger charge is 2.21.